The fraction of sp³-hybridized carbons (Fsp3) is 0.409. The fourth-order valence-electron chi connectivity index (χ4n) is 3.03. The van der Waals surface area contributed by atoms with Crippen LogP contribution in [0.4, 0.5) is 11.4 Å². The van der Waals surface area contributed by atoms with Crippen molar-refractivity contribution < 1.29 is 17.9 Å². The van der Waals surface area contributed by atoms with Crippen molar-refractivity contribution in [1.82, 2.24) is 4.31 Å². The van der Waals surface area contributed by atoms with E-state index in [-0.39, 0.29) is 16.6 Å². The molecule has 0 aromatic heterocycles. The van der Waals surface area contributed by atoms with E-state index < -0.39 is 10.0 Å². The Balaban J connectivity index is 2.26. The number of hydrogen-bond donors (Lipinski definition) is 1. The lowest BCUT2D eigenvalue weighted by molar-refractivity contribution is 0.102. The summed E-state index contributed by atoms with van der Waals surface area (Å²) >= 11 is 0. The summed E-state index contributed by atoms with van der Waals surface area (Å²) in [5.74, 6) is -0.0541. The molecule has 164 valence electrons. The molecule has 0 bridgehead atoms. The van der Waals surface area contributed by atoms with Gasteiger partial charge >= 0.3 is 0 Å². The van der Waals surface area contributed by atoms with E-state index in [0.717, 1.165) is 29.5 Å². The molecule has 1 N–H and O–H groups in total. The molecule has 0 aliphatic rings. The number of benzene rings is 2. The SMILES string of the molecule is CCCN(CC)c1ccc(C(=O)Nc2ccc(OCC)c(S(=O)(=O)N(C)C)c2)cc1. The first-order valence-corrected chi connectivity index (χ1v) is 11.5. The van der Waals surface area contributed by atoms with Gasteiger partial charge in [-0.15, -0.1) is 0 Å². The maximum absolute atomic E-state index is 12.7. The third-order valence-corrected chi connectivity index (χ3v) is 6.47. The van der Waals surface area contributed by atoms with Crippen LogP contribution in [0, 0.1) is 0 Å². The van der Waals surface area contributed by atoms with E-state index in [1.54, 1.807) is 31.2 Å². The number of nitrogens with one attached hydrogen (secondary N) is 1. The van der Waals surface area contributed by atoms with Gasteiger partial charge in [-0.25, -0.2) is 12.7 Å². The quantitative estimate of drug-likeness (QED) is 0.616. The van der Waals surface area contributed by atoms with Crippen molar-refractivity contribution in [3.8, 4) is 5.75 Å². The van der Waals surface area contributed by atoms with Crippen LogP contribution >= 0.6 is 0 Å². The standard InChI is InChI=1S/C22H31N3O4S/c1-6-15-25(7-2)19-12-9-17(10-13-19)22(26)23-18-11-14-20(29-8-3)21(16-18)30(27,28)24(4)5/h9-14,16H,6-8,15H2,1-5H3,(H,23,26). The van der Waals surface area contributed by atoms with Gasteiger partial charge < -0.3 is 15.0 Å². The van der Waals surface area contributed by atoms with Crippen molar-refractivity contribution in [3.63, 3.8) is 0 Å². The summed E-state index contributed by atoms with van der Waals surface area (Å²) in [6.07, 6.45) is 1.05. The van der Waals surface area contributed by atoms with Gasteiger partial charge in [0, 0.05) is 44.1 Å². The largest absolute Gasteiger partial charge is 0.492 e. The van der Waals surface area contributed by atoms with Crippen LogP contribution in [0.3, 0.4) is 0 Å². The fourth-order valence-corrected chi connectivity index (χ4v) is 4.08. The number of sulfonamides is 1. The second-order valence-corrected chi connectivity index (χ2v) is 9.08. The molecule has 0 heterocycles. The molecule has 2 aromatic rings. The highest BCUT2D eigenvalue weighted by Crippen LogP contribution is 2.29. The molecule has 2 aromatic carbocycles. The van der Waals surface area contributed by atoms with Crippen molar-refractivity contribution in [1.29, 1.82) is 0 Å². The zero-order valence-corrected chi connectivity index (χ0v) is 19.1. The summed E-state index contributed by atoms with van der Waals surface area (Å²) < 4.78 is 31.9. The second-order valence-electron chi connectivity index (χ2n) is 6.96. The molecule has 0 fully saturated rings. The first-order valence-electron chi connectivity index (χ1n) is 10.1. The summed E-state index contributed by atoms with van der Waals surface area (Å²) in [5.41, 5.74) is 1.95. The smallest absolute Gasteiger partial charge is 0.255 e. The number of carbonyl (C=O) groups is 1. The molecule has 0 atom stereocenters. The average Bonchev–Trinajstić information content (AvgIpc) is 2.73. The van der Waals surface area contributed by atoms with Crippen molar-refractivity contribution >= 4 is 27.3 Å². The highest BCUT2D eigenvalue weighted by molar-refractivity contribution is 7.89. The topological polar surface area (TPSA) is 79.0 Å². The van der Waals surface area contributed by atoms with Crippen LogP contribution in [0.5, 0.6) is 5.75 Å². The molecule has 0 aliphatic heterocycles. The van der Waals surface area contributed by atoms with Gasteiger partial charge in [0.1, 0.15) is 10.6 Å². The minimum atomic E-state index is -3.72. The van der Waals surface area contributed by atoms with Gasteiger partial charge in [-0.1, -0.05) is 6.92 Å². The summed E-state index contributed by atoms with van der Waals surface area (Å²) in [6.45, 7) is 8.20. The van der Waals surface area contributed by atoms with E-state index in [2.05, 4.69) is 24.1 Å². The Morgan fingerprint density at radius 3 is 2.23 bits per heavy atom. The van der Waals surface area contributed by atoms with E-state index in [1.165, 1.54) is 20.2 Å². The molecular formula is C22H31N3O4S. The summed E-state index contributed by atoms with van der Waals surface area (Å²) in [6, 6.07) is 12.0. The van der Waals surface area contributed by atoms with Gasteiger partial charge in [0.2, 0.25) is 10.0 Å². The van der Waals surface area contributed by atoms with Gasteiger partial charge in [0.05, 0.1) is 6.61 Å². The lowest BCUT2D eigenvalue weighted by Gasteiger charge is -2.22. The number of hydrogen-bond acceptors (Lipinski definition) is 5. The second kappa shape index (κ2) is 10.4. The number of amides is 1. The Hall–Kier alpha value is -2.58. The molecule has 0 aliphatic carbocycles. The van der Waals surface area contributed by atoms with Crippen LogP contribution in [-0.2, 0) is 10.0 Å². The Bertz CT molecular complexity index is 957. The lowest BCUT2D eigenvalue weighted by atomic mass is 10.1. The Labute approximate surface area is 179 Å². The summed E-state index contributed by atoms with van der Waals surface area (Å²) in [4.78, 5) is 14.9. The third-order valence-electron chi connectivity index (χ3n) is 4.63. The molecule has 7 nitrogen and oxygen atoms in total. The van der Waals surface area contributed by atoms with Crippen molar-refractivity contribution in [3.05, 3.63) is 48.0 Å². The van der Waals surface area contributed by atoms with Crippen LogP contribution in [0.25, 0.3) is 0 Å². The third kappa shape index (κ3) is 5.52. The molecule has 0 unspecified atom stereocenters. The maximum Gasteiger partial charge on any atom is 0.255 e. The average molecular weight is 434 g/mol. The van der Waals surface area contributed by atoms with Crippen LogP contribution in [0.2, 0.25) is 0 Å². The molecule has 1 amide bonds. The van der Waals surface area contributed by atoms with Crippen LogP contribution in [0.15, 0.2) is 47.4 Å². The molecule has 0 saturated carbocycles. The molecule has 0 spiro atoms. The number of carbonyl (C=O) groups excluding carboxylic acids is 1. The minimum Gasteiger partial charge on any atom is -0.492 e. The summed E-state index contributed by atoms with van der Waals surface area (Å²) in [5, 5.41) is 2.78. The molecule has 0 saturated heterocycles. The first-order chi connectivity index (χ1) is 14.2. The van der Waals surface area contributed by atoms with Crippen LogP contribution < -0.4 is 15.0 Å². The molecule has 0 radical (unpaired) electrons. The van der Waals surface area contributed by atoms with E-state index in [0.29, 0.717) is 17.9 Å². The van der Waals surface area contributed by atoms with Gasteiger partial charge in [-0.2, -0.15) is 0 Å². The number of anilines is 2. The number of ether oxygens (including phenoxy) is 1. The van der Waals surface area contributed by atoms with E-state index in [4.69, 9.17) is 4.74 Å². The van der Waals surface area contributed by atoms with Crippen molar-refractivity contribution in [2.45, 2.75) is 32.1 Å². The maximum atomic E-state index is 12.7. The predicted molar refractivity (Wildman–Crippen MR) is 121 cm³/mol. The van der Waals surface area contributed by atoms with Crippen LogP contribution in [0.1, 0.15) is 37.6 Å². The first kappa shape index (κ1) is 23.7. The van der Waals surface area contributed by atoms with Crippen LogP contribution in [-0.4, -0.2) is 52.4 Å². The monoisotopic (exact) mass is 433 g/mol. The van der Waals surface area contributed by atoms with Crippen molar-refractivity contribution in [2.75, 3.05) is 44.0 Å². The zero-order valence-electron chi connectivity index (χ0n) is 18.3. The van der Waals surface area contributed by atoms with Gasteiger partial charge in [0.25, 0.3) is 5.91 Å². The molecule has 2 rings (SSSR count). The van der Waals surface area contributed by atoms with Crippen molar-refractivity contribution in [2.24, 2.45) is 0 Å². The van der Waals surface area contributed by atoms with E-state index >= 15 is 0 Å². The normalized spacial score (nSPS) is 11.4. The number of nitrogens with zero attached hydrogens (tertiary/aromatic N) is 2. The van der Waals surface area contributed by atoms with E-state index in [9.17, 15) is 13.2 Å². The van der Waals surface area contributed by atoms with Gasteiger partial charge in [0.15, 0.2) is 0 Å². The molecule has 30 heavy (non-hydrogen) atoms. The Morgan fingerprint density at radius 1 is 1.03 bits per heavy atom. The Kier molecular flexibility index (Phi) is 8.25. The predicted octanol–water partition coefficient (Wildman–Crippen LogP) is 3.82. The highest BCUT2D eigenvalue weighted by atomic mass is 32.2. The molecule has 8 heteroatoms. The minimum absolute atomic E-state index is 0.0145. The van der Waals surface area contributed by atoms with Gasteiger partial charge in [-0.05, 0) is 62.7 Å². The Morgan fingerprint density at radius 2 is 1.70 bits per heavy atom. The van der Waals surface area contributed by atoms with Gasteiger partial charge in [-0.3, -0.25) is 4.79 Å². The molecular weight excluding hydrogens is 402 g/mol. The number of rotatable bonds is 10. The zero-order chi connectivity index (χ0) is 22.3. The highest BCUT2D eigenvalue weighted by Gasteiger charge is 2.23. The lowest BCUT2D eigenvalue weighted by Crippen LogP contribution is -2.23. The van der Waals surface area contributed by atoms with E-state index in [1.807, 2.05) is 12.1 Å². The summed E-state index contributed by atoms with van der Waals surface area (Å²) in [7, 11) is -0.816.